The normalized spacial score (nSPS) is 10.7. The van der Waals surface area contributed by atoms with E-state index in [1.54, 1.807) is 95.6 Å². The number of methoxy groups -OCH3 is 2. The van der Waals surface area contributed by atoms with E-state index in [4.69, 9.17) is 78.9 Å². The maximum absolute atomic E-state index is 12.5. The molecule has 0 saturated carbocycles. The van der Waals surface area contributed by atoms with E-state index in [0.717, 1.165) is 16.7 Å². The van der Waals surface area contributed by atoms with Crippen molar-refractivity contribution in [2.24, 2.45) is 5.73 Å². The number of nitrogens with two attached hydrogens (primary N) is 2. The molecule has 8 aromatic heterocycles. The molecule has 0 spiro atoms. The molecule has 33 heteroatoms. The van der Waals surface area contributed by atoms with Gasteiger partial charge in [-0.2, -0.15) is 34.9 Å². The van der Waals surface area contributed by atoms with Crippen LogP contribution in [0.25, 0.3) is 44.7 Å². The van der Waals surface area contributed by atoms with Crippen LogP contribution in [0.3, 0.4) is 0 Å². The Morgan fingerprint density at radius 2 is 0.919 bits per heavy atom. The predicted molar refractivity (Wildman–Crippen MR) is 389 cm³/mol. The number of hydrogen-bond acceptors (Lipinski definition) is 22. The number of benzene rings is 5. The SMILES string of the molecule is CC(=O)c1ccc(CNc2nc(Cl)nc3nc[nH]c23)cc1.COCCn1cnc2c(NCc3ccc(C(=O)Nc4ccccc4N)cc3)nc(Cl)nc21.COCCn1cnc2c(NCc3ccc(C(C)=O)cc3)nc(Cl)nc21.Cc1ccc(CN)cc1.Cl.Clc1nc(Cl)c2[nH]cnc2n1. The largest absolute Gasteiger partial charge is 0.397 e. The number of Topliss-reactive ketones (excluding diaryl/α,β-unsaturated/α-hetero) is 2. The number of ketones is 2. The fourth-order valence-electron chi connectivity index (χ4n) is 9.07. The third-order valence-corrected chi connectivity index (χ3v) is 15.3. The van der Waals surface area contributed by atoms with Crippen molar-refractivity contribution < 1.29 is 23.9 Å². The van der Waals surface area contributed by atoms with E-state index in [-0.39, 0.29) is 56.2 Å². The van der Waals surface area contributed by atoms with Gasteiger partial charge in [-0.1, -0.05) is 114 Å². The van der Waals surface area contributed by atoms with E-state index >= 15 is 0 Å². The Morgan fingerprint density at radius 3 is 1.38 bits per heavy atom. The molecular formula is C66H66Cl6N22O5. The third-order valence-electron chi connectivity index (χ3n) is 14.3. The smallest absolute Gasteiger partial charge is 0.255 e. The minimum atomic E-state index is -0.228. The molecule has 27 nitrogen and oxygen atoms in total. The zero-order valence-corrected chi connectivity index (χ0v) is 58.4. The van der Waals surface area contributed by atoms with Crippen molar-refractivity contribution in [2.45, 2.75) is 60.0 Å². The van der Waals surface area contributed by atoms with Crippen LogP contribution in [0.5, 0.6) is 0 Å². The monoisotopic (exact) mass is 1460 g/mol. The van der Waals surface area contributed by atoms with E-state index in [1.807, 2.05) is 57.7 Å². The molecule has 10 N–H and O–H groups in total. The van der Waals surface area contributed by atoms with Crippen LogP contribution in [-0.2, 0) is 48.7 Å². The van der Waals surface area contributed by atoms with E-state index in [2.05, 4.69) is 122 Å². The summed E-state index contributed by atoms with van der Waals surface area (Å²) in [6, 6.07) is 37.5. The van der Waals surface area contributed by atoms with Gasteiger partial charge in [0.25, 0.3) is 5.91 Å². The van der Waals surface area contributed by atoms with Crippen molar-refractivity contribution in [1.82, 2.24) is 78.9 Å². The van der Waals surface area contributed by atoms with Crippen molar-refractivity contribution in [3.63, 3.8) is 0 Å². The molecule has 0 fully saturated rings. The summed E-state index contributed by atoms with van der Waals surface area (Å²) in [4.78, 5) is 90.3. The van der Waals surface area contributed by atoms with Crippen LogP contribution < -0.4 is 32.7 Å². The Balaban J connectivity index is 0.000000167. The van der Waals surface area contributed by atoms with E-state index < -0.39 is 0 Å². The lowest BCUT2D eigenvalue weighted by atomic mass is 10.1. The average molecular weight is 1460 g/mol. The maximum atomic E-state index is 12.5. The first-order valence-corrected chi connectivity index (χ1v) is 31.8. The number of aromatic amines is 2. The lowest BCUT2D eigenvalue weighted by Gasteiger charge is -2.10. The van der Waals surface area contributed by atoms with Crippen LogP contribution in [0.2, 0.25) is 26.3 Å². The number of halogens is 6. The maximum Gasteiger partial charge on any atom is 0.255 e. The van der Waals surface area contributed by atoms with Gasteiger partial charge in [-0.05, 0) is 114 Å². The molecule has 512 valence electrons. The van der Waals surface area contributed by atoms with Gasteiger partial charge in [-0.3, -0.25) is 14.4 Å². The van der Waals surface area contributed by atoms with Crippen molar-refractivity contribution in [3.05, 3.63) is 217 Å². The van der Waals surface area contributed by atoms with Gasteiger partial charge in [0, 0.05) is 70.2 Å². The Bertz CT molecular complexity index is 4830. The van der Waals surface area contributed by atoms with E-state index in [0.29, 0.717) is 143 Å². The van der Waals surface area contributed by atoms with Crippen LogP contribution >= 0.6 is 70.4 Å². The molecule has 0 radical (unpaired) electrons. The van der Waals surface area contributed by atoms with Crippen LogP contribution in [0.4, 0.5) is 28.8 Å². The molecule has 1 amide bonds. The number of aromatic nitrogens is 16. The molecule has 13 aromatic rings. The van der Waals surface area contributed by atoms with Gasteiger partial charge >= 0.3 is 0 Å². The first-order valence-electron chi connectivity index (χ1n) is 29.9. The lowest BCUT2D eigenvalue weighted by Crippen LogP contribution is -2.13. The zero-order valence-electron chi connectivity index (χ0n) is 53.8. The van der Waals surface area contributed by atoms with Crippen molar-refractivity contribution in [2.75, 3.05) is 54.4 Å². The number of carbonyl (C=O) groups is 3. The Hall–Kier alpha value is -10.1. The number of aryl methyl sites for hydroxylation is 1. The number of hydrogen-bond donors (Lipinski definition) is 8. The number of para-hydroxylation sites is 2. The highest BCUT2D eigenvalue weighted by atomic mass is 35.5. The number of nitrogens with zero attached hydrogens (tertiary/aromatic N) is 14. The van der Waals surface area contributed by atoms with Crippen LogP contribution in [-0.4, -0.2) is 124 Å². The highest BCUT2D eigenvalue weighted by Crippen LogP contribution is 2.26. The molecule has 99 heavy (non-hydrogen) atoms. The predicted octanol–water partition coefficient (Wildman–Crippen LogP) is 12.9. The number of imidazole rings is 4. The lowest BCUT2D eigenvalue weighted by molar-refractivity contribution is 0.100. The first-order chi connectivity index (χ1) is 47.4. The number of anilines is 5. The van der Waals surface area contributed by atoms with Gasteiger partial charge < -0.3 is 61.3 Å². The standard InChI is InChI=1S/C22H22ClN7O2.C17H18ClN5O2.C14H12ClN5O.C8H11N.C5H2Cl2N4.ClH/c1-32-11-10-30-13-26-18-19(28-22(23)29-20(18)30)25-12-14-6-8-15(9-7-14)21(31)27-17-5-3-2-4-16(17)24;1-11(24)13-5-3-12(4-6-13)9-19-15-14-16(22-17(18)21-15)23(10-20-14)7-8-25-2;1-8(21)10-4-2-9(3-5-10)6-16-12-11-13(18-7-17-11)20-14(15)19-12;1-7-2-4-8(6-9)5-3-7;6-3-2-4(9-1-8-2)11-5(7)10-3;/h2-9,13H,10-12,24H2,1H3,(H,27,31)(H,25,28,29);3-6,10H,7-9H2,1-2H3,(H,19,21,22);2-5,7H,6H2,1H3,(H2,16,17,18,19,20);2-5H,6,9H2,1H3;1H,(H,8,9,10,11);1H. The highest BCUT2D eigenvalue weighted by Gasteiger charge is 2.16. The molecular weight excluding hydrogens is 1390 g/mol. The second-order valence-electron chi connectivity index (χ2n) is 21.2. The summed E-state index contributed by atoms with van der Waals surface area (Å²) in [5, 5.41) is 13.3. The van der Waals surface area contributed by atoms with Gasteiger partial charge in [-0.25, -0.2) is 24.9 Å². The fraction of sp³-hybridized carbons (Fsp3) is 0.197. The second kappa shape index (κ2) is 36.5. The topological polar surface area (TPSA) is 366 Å². The number of H-pyrrole nitrogens is 2. The molecule has 0 aliphatic heterocycles. The van der Waals surface area contributed by atoms with Gasteiger partial charge in [-0.15, -0.1) is 12.4 Å². The third kappa shape index (κ3) is 21.0. The molecule has 0 unspecified atom stereocenters. The van der Waals surface area contributed by atoms with Crippen LogP contribution in [0.15, 0.2) is 147 Å². The minimum Gasteiger partial charge on any atom is -0.397 e. The number of rotatable bonds is 20. The van der Waals surface area contributed by atoms with Gasteiger partial charge in [0.15, 0.2) is 67.8 Å². The van der Waals surface area contributed by atoms with Gasteiger partial charge in [0.05, 0.1) is 49.9 Å². The van der Waals surface area contributed by atoms with Crippen molar-refractivity contribution >= 4 is 161 Å². The summed E-state index contributed by atoms with van der Waals surface area (Å²) in [5.74, 6) is 1.58. The van der Waals surface area contributed by atoms with Gasteiger partial charge in [0.1, 0.15) is 11.0 Å². The summed E-state index contributed by atoms with van der Waals surface area (Å²) in [6.45, 7) is 9.69. The van der Waals surface area contributed by atoms with Crippen LogP contribution in [0.1, 0.15) is 72.7 Å². The molecule has 5 aromatic carbocycles. The first kappa shape index (κ1) is 74.7. The number of nitrogens with one attached hydrogen (secondary N) is 6. The fourth-order valence-corrected chi connectivity index (χ4v) is 9.99. The molecule has 0 aliphatic rings. The molecule has 0 atom stereocenters. The molecule has 0 bridgehead atoms. The van der Waals surface area contributed by atoms with Crippen molar-refractivity contribution in [1.29, 1.82) is 0 Å². The van der Waals surface area contributed by atoms with Crippen LogP contribution in [0, 0.1) is 6.92 Å². The molecule has 0 aliphatic carbocycles. The number of amides is 1. The minimum absolute atomic E-state index is 0. The quantitative estimate of drug-likeness (QED) is 0.0152. The summed E-state index contributed by atoms with van der Waals surface area (Å²) in [6.07, 6.45) is 6.42. The number of ether oxygens (including phenoxy) is 2. The Morgan fingerprint density at radius 1 is 0.505 bits per heavy atom. The zero-order chi connectivity index (χ0) is 69.7. The highest BCUT2D eigenvalue weighted by molar-refractivity contribution is 6.35. The summed E-state index contributed by atoms with van der Waals surface area (Å²) >= 11 is 29.2. The summed E-state index contributed by atoms with van der Waals surface area (Å²) in [5.41, 5.74) is 24.7. The number of carbonyl (C=O) groups excluding carboxylic acids is 3. The summed E-state index contributed by atoms with van der Waals surface area (Å²) < 4.78 is 14.0. The Kier molecular flexibility index (Phi) is 27.5. The Labute approximate surface area is 598 Å². The second-order valence-corrected chi connectivity index (χ2v) is 22.9. The van der Waals surface area contributed by atoms with Crippen molar-refractivity contribution in [3.8, 4) is 0 Å². The summed E-state index contributed by atoms with van der Waals surface area (Å²) in [7, 11) is 3.28. The molecule has 0 saturated heterocycles. The number of nitrogen functional groups attached to an aromatic ring is 1. The molecule has 8 heterocycles. The number of fused-ring (bicyclic) bond motifs is 4. The van der Waals surface area contributed by atoms with Gasteiger partial charge in [0.2, 0.25) is 21.1 Å². The average Bonchev–Trinajstić information content (AvgIpc) is 1.68. The van der Waals surface area contributed by atoms with E-state index in [1.165, 1.54) is 17.5 Å². The molecule has 13 rings (SSSR count). The van der Waals surface area contributed by atoms with E-state index in [9.17, 15) is 14.4 Å².